The highest BCUT2D eigenvalue weighted by Gasteiger charge is 2.73. The molecule has 0 spiro atoms. The molecule has 4 aliphatic rings. The lowest BCUT2D eigenvalue weighted by Gasteiger charge is -2.54. The van der Waals surface area contributed by atoms with Gasteiger partial charge in [-0.15, -0.1) is 23.2 Å². The number of hydrogen-bond acceptors (Lipinski definition) is 4. The molecule has 8 heteroatoms. The van der Waals surface area contributed by atoms with E-state index in [1.807, 2.05) is 48.5 Å². The predicted octanol–water partition coefficient (Wildman–Crippen LogP) is 4.23. The van der Waals surface area contributed by atoms with E-state index in [1.165, 1.54) is 7.11 Å². The van der Waals surface area contributed by atoms with E-state index >= 15 is 0 Å². The molecule has 1 saturated heterocycles. The first-order valence-electron chi connectivity index (χ1n) is 11.2. The molecule has 2 bridgehead atoms. The lowest BCUT2D eigenvalue weighted by molar-refractivity contribution is -0.142. The summed E-state index contributed by atoms with van der Waals surface area (Å²) in [4.78, 5) is 38.9. The molecule has 176 valence electrons. The van der Waals surface area contributed by atoms with Crippen molar-refractivity contribution >= 4 is 46.6 Å². The molecular weight excluding hydrogens is 487 g/mol. The van der Waals surface area contributed by atoms with Gasteiger partial charge in [-0.05, 0) is 34.4 Å². The fraction of sp³-hybridized carbons (Fsp3) is 0.222. The number of imide groups is 1. The van der Waals surface area contributed by atoms with Crippen molar-refractivity contribution in [3.63, 3.8) is 0 Å². The number of alkyl halides is 2. The largest absolute Gasteiger partial charge is 0.495 e. The van der Waals surface area contributed by atoms with Crippen molar-refractivity contribution < 1.29 is 19.1 Å². The van der Waals surface area contributed by atoms with Crippen molar-refractivity contribution in [2.75, 3.05) is 19.0 Å². The molecule has 3 amide bonds. The Bertz CT molecular complexity index is 1300. The average molecular weight is 507 g/mol. The number of carbonyl (C=O) groups excluding carboxylic acids is 3. The summed E-state index contributed by atoms with van der Waals surface area (Å²) in [6, 6.07) is 21.7. The van der Waals surface area contributed by atoms with E-state index in [0.717, 1.165) is 27.2 Å². The molecule has 0 radical (unpaired) electrons. The van der Waals surface area contributed by atoms with E-state index < -0.39 is 45.9 Å². The number of para-hydroxylation sites is 2. The van der Waals surface area contributed by atoms with Crippen LogP contribution in [0.4, 0.5) is 5.69 Å². The van der Waals surface area contributed by atoms with Gasteiger partial charge in [-0.2, -0.15) is 0 Å². The number of nitrogens with one attached hydrogen (secondary N) is 1. The summed E-state index contributed by atoms with van der Waals surface area (Å²) in [6.45, 7) is -0.449. The summed E-state index contributed by atoms with van der Waals surface area (Å²) in [5.74, 6) is -2.92. The minimum Gasteiger partial charge on any atom is -0.495 e. The molecule has 6 nitrogen and oxygen atoms in total. The van der Waals surface area contributed by atoms with Crippen molar-refractivity contribution in [2.45, 2.75) is 9.75 Å². The third-order valence-corrected chi connectivity index (χ3v) is 8.64. The monoisotopic (exact) mass is 506 g/mol. The van der Waals surface area contributed by atoms with Crippen LogP contribution in [0.25, 0.3) is 0 Å². The Hall–Kier alpha value is -3.35. The van der Waals surface area contributed by atoms with Crippen LogP contribution in [0.2, 0.25) is 0 Å². The van der Waals surface area contributed by atoms with Gasteiger partial charge >= 0.3 is 0 Å². The van der Waals surface area contributed by atoms with Gasteiger partial charge in [-0.1, -0.05) is 60.7 Å². The SMILES string of the molecule is COc1ccccc1NC(=O)CN1C(=O)[C@@H]2[C@@H](C1=O)C1(Cl)c3ccccc3C2(Cl)c2ccccc21. The van der Waals surface area contributed by atoms with E-state index in [4.69, 9.17) is 27.9 Å². The molecule has 1 heterocycles. The summed E-state index contributed by atoms with van der Waals surface area (Å²) in [7, 11) is 1.49. The summed E-state index contributed by atoms with van der Waals surface area (Å²) in [5.41, 5.74) is 3.33. The van der Waals surface area contributed by atoms with Crippen molar-refractivity contribution in [1.82, 2.24) is 4.90 Å². The molecule has 3 aromatic rings. The van der Waals surface area contributed by atoms with Gasteiger partial charge in [-0.25, -0.2) is 0 Å². The molecule has 3 aromatic carbocycles. The van der Waals surface area contributed by atoms with Gasteiger partial charge in [-0.3, -0.25) is 19.3 Å². The van der Waals surface area contributed by atoms with E-state index in [1.54, 1.807) is 24.3 Å². The van der Waals surface area contributed by atoms with Gasteiger partial charge in [0.25, 0.3) is 0 Å². The molecule has 3 aliphatic carbocycles. The molecule has 1 fully saturated rings. The maximum absolute atomic E-state index is 13.8. The number of amides is 3. The Balaban J connectivity index is 1.41. The third-order valence-electron chi connectivity index (χ3n) is 7.36. The standard InChI is InChI=1S/C27H20Cl2N2O4/c1-35-20-13-7-6-12-19(20)30-21(32)14-31-24(33)22-23(25(31)34)27(29)16-9-3-2-8-15(16)26(22,28)17-10-4-5-11-18(17)27/h2-13,22-23H,14H2,1H3,(H,30,32)/t22-,23-,26?,27?/m0/s1. The van der Waals surface area contributed by atoms with Crippen molar-refractivity contribution in [1.29, 1.82) is 0 Å². The maximum atomic E-state index is 13.8. The summed E-state index contributed by atoms with van der Waals surface area (Å²) in [6.07, 6.45) is 0. The predicted molar refractivity (Wildman–Crippen MR) is 131 cm³/mol. The first-order chi connectivity index (χ1) is 16.8. The minimum atomic E-state index is -1.27. The Morgan fingerprint density at radius 3 is 1.71 bits per heavy atom. The van der Waals surface area contributed by atoms with Crippen LogP contribution >= 0.6 is 23.2 Å². The zero-order valence-corrected chi connectivity index (χ0v) is 20.1. The number of hydrogen-bond donors (Lipinski definition) is 1. The van der Waals surface area contributed by atoms with Crippen LogP contribution in [0.15, 0.2) is 72.8 Å². The fourth-order valence-electron chi connectivity index (χ4n) is 5.96. The van der Waals surface area contributed by atoms with Gasteiger partial charge in [0.05, 0.1) is 24.6 Å². The zero-order valence-electron chi connectivity index (χ0n) is 18.6. The lowest BCUT2D eigenvalue weighted by Crippen LogP contribution is -2.57. The normalized spacial score (nSPS) is 27.8. The number of benzene rings is 3. The Morgan fingerprint density at radius 1 is 0.829 bits per heavy atom. The quantitative estimate of drug-likeness (QED) is 0.424. The molecule has 0 unspecified atom stereocenters. The number of halogens is 2. The second-order valence-corrected chi connectivity index (χ2v) is 10.2. The molecular formula is C27H20Cl2N2O4. The van der Waals surface area contributed by atoms with Gasteiger partial charge < -0.3 is 10.1 Å². The van der Waals surface area contributed by atoms with Crippen molar-refractivity contribution in [3.05, 3.63) is 95.1 Å². The fourth-order valence-corrected chi connectivity index (χ4v) is 7.06. The van der Waals surface area contributed by atoms with Gasteiger partial charge in [0, 0.05) is 0 Å². The molecule has 2 atom stereocenters. The number of ether oxygens (including phenoxy) is 1. The van der Waals surface area contributed by atoms with Crippen LogP contribution in [-0.2, 0) is 24.1 Å². The topological polar surface area (TPSA) is 75.7 Å². The van der Waals surface area contributed by atoms with E-state index in [-0.39, 0.29) is 0 Å². The minimum absolute atomic E-state index is 0.444. The number of rotatable bonds is 4. The lowest BCUT2D eigenvalue weighted by atomic mass is 9.54. The molecule has 1 aliphatic heterocycles. The Labute approximate surface area is 211 Å². The van der Waals surface area contributed by atoms with Gasteiger partial charge in [0.2, 0.25) is 17.7 Å². The third kappa shape index (κ3) is 2.75. The molecule has 0 aromatic heterocycles. The highest BCUT2D eigenvalue weighted by Crippen LogP contribution is 2.69. The van der Waals surface area contributed by atoms with Crippen molar-refractivity contribution in [3.8, 4) is 5.75 Å². The number of methoxy groups -OCH3 is 1. The van der Waals surface area contributed by atoms with Crippen LogP contribution < -0.4 is 10.1 Å². The molecule has 7 rings (SSSR count). The summed E-state index contributed by atoms with van der Waals surface area (Å²) >= 11 is 14.8. The summed E-state index contributed by atoms with van der Waals surface area (Å²) < 4.78 is 5.27. The summed E-state index contributed by atoms with van der Waals surface area (Å²) in [5, 5.41) is 2.73. The molecule has 1 N–H and O–H groups in total. The van der Waals surface area contributed by atoms with Gasteiger partial charge in [0.1, 0.15) is 22.0 Å². The number of carbonyl (C=O) groups is 3. The zero-order chi connectivity index (χ0) is 24.5. The van der Waals surface area contributed by atoms with Crippen LogP contribution in [0.3, 0.4) is 0 Å². The second kappa shape index (κ2) is 7.57. The maximum Gasteiger partial charge on any atom is 0.244 e. The number of anilines is 1. The number of likely N-dealkylation sites (tertiary alicyclic amines) is 1. The van der Waals surface area contributed by atoms with E-state index in [9.17, 15) is 14.4 Å². The van der Waals surface area contributed by atoms with E-state index in [0.29, 0.717) is 11.4 Å². The van der Waals surface area contributed by atoms with Crippen LogP contribution in [0.5, 0.6) is 5.75 Å². The first kappa shape index (κ1) is 22.1. The first-order valence-corrected chi connectivity index (χ1v) is 11.9. The average Bonchev–Trinajstić information content (AvgIpc) is 3.13. The Kier molecular flexibility index (Phi) is 4.79. The van der Waals surface area contributed by atoms with Crippen LogP contribution in [-0.4, -0.2) is 36.3 Å². The van der Waals surface area contributed by atoms with Crippen molar-refractivity contribution in [2.24, 2.45) is 11.8 Å². The molecule has 35 heavy (non-hydrogen) atoms. The smallest absolute Gasteiger partial charge is 0.244 e. The number of nitrogens with zero attached hydrogens (tertiary/aromatic N) is 1. The highest BCUT2D eigenvalue weighted by atomic mass is 35.5. The van der Waals surface area contributed by atoms with Crippen LogP contribution in [0.1, 0.15) is 22.3 Å². The molecule has 0 saturated carbocycles. The second-order valence-electron chi connectivity index (χ2n) is 8.98. The van der Waals surface area contributed by atoms with Crippen LogP contribution in [0, 0.1) is 11.8 Å². The Morgan fingerprint density at radius 2 is 1.26 bits per heavy atom. The highest BCUT2D eigenvalue weighted by molar-refractivity contribution is 6.36. The van der Waals surface area contributed by atoms with Gasteiger partial charge in [0.15, 0.2) is 0 Å². The van der Waals surface area contributed by atoms with E-state index in [2.05, 4.69) is 5.32 Å².